The fraction of sp³-hybridized carbons (Fsp3) is 0.857. The molecule has 2 aliphatic rings. The maximum atomic E-state index is 11.3. The van der Waals surface area contributed by atoms with Crippen LogP contribution in [0.1, 0.15) is 19.3 Å². The van der Waals surface area contributed by atoms with Gasteiger partial charge in [-0.25, -0.2) is 0 Å². The fourth-order valence-corrected chi connectivity index (χ4v) is 1.88. The maximum Gasteiger partial charge on any atom is 0.236 e. The Morgan fingerprint density at radius 1 is 1.40 bits per heavy atom. The molecule has 56 valence electrons. The number of hydrogen-bond donors (Lipinski definition) is 0. The third kappa shape index (κ3) is 0.965. The Labute approximate surface area is 68.7 Å². The van der Waals surface area contributed by atoms with Gasteiger partial charge >= 0.3 is 0 Å². The van der Waals surface area contributed by atoms with Crippen LogP contribution in [0.25, 0.3) is 0 Å². The van der Waals surface area contributed by atoms with Crippen LogP contribution >= 0.6 is 15.9 Å². The molecule has 0 aromatic rings. The van der Waals surface area contributed by atoms with Gasteiger partial charge in [-0.15, -0.1) is 0 Å². The molecule has 1 atom stereocenters. The van der Waals surface area contributed by atoms with E-state index in [1.54, 1.807) is 0 Å². The van der Waals surface area contributed by atoms with Crippen molar-refractivity contribution in [3.63, 3.8) is 0 Å². The molecule has 3 heteroatoms. The molecule has 1 aliphatic heterocycles. The van der Waals surface area contributed by atoms with Crippen LogP contribution in [0.5, 0.6) is 0 Å². The van der Waals surface area contributed by atoms with Crippen LogP contribution in [-0.2, 0) is 4.79 Å². The van der Waals surface area contributed by atoms with Crippen LogP contribution in [0.15, 0.2) is 0 Å². The number of hydrogen-bond acceptors (Lipinski definition) is 1. The van der Waals surface area contributed by atoms with Crippen LogP contribution in [-0.4, -0.2) is 28.2 Å². The van der Waals surface area contributed by atoms with E-state index in [1.807, 2.05) is 4.90 Å². The predicted molar refractivity (Wildman–Crippen MR) is 42.1 cm³/mol. The summed E-state index contributed by atoms with van der Waals surface area (Å²) in [7, 11) is 0. The van der Waals surface area contributed by atoms with E-state index in [0.717, 1.165) is 13.0 Å². The third-order valence-corrected chi connectivity index (χ3v) is 3.01. The van der Waals surface area contributed by atoms with Gasteiger partial charge < -0.3 is 4.90 Å². The van der Waals surface area contributed by atoms with Gasteiger partial charge in [0, 0.05) is 12.6 Å². The number of carbonyl (C=O) groups is 1. The van der Waals surface area contributed by atoms with Crippen molar-refractivity contribution in [2.24, 2.45) is 0 Å². The summed E-state index contributed by atoms with van der Waals surface area (Å²) < 4.78 is 0. The summed E-state index contributed by atoms with van der Waals surface area (Å²) in [6, 6.07) is 0.607. The highest BCUT2D eigenvalue weighted by Gasteiger charge is 2.39. The molecule has 0 bridgehead atoms. The second-order valence-corrected chi connectivity index (χ2v) is 4.12. The molecule has 1 saturated heterocycles. The quantitative estimate of drug-likeness (QED) is 0.586. The highest BCUT2D eigenvalue weighted by Crippen LogP contribution is 2.32. The first kappa shape index (κ1) is 6.65. The summed E-state index contributed by atoms with van der Waals surface area (Å²) in [4.78, 5) is 13.4. The number of alkyl halides is 1. The number of amides is 1. The minimum atomic E-state index is 0.119. The van der Waals surface area contributed by atoms with E-state index < -0.39 is 0 Å². The Kier molecular flexibility index (Phi) is 1.48. The zero-order chi connectivity index (χ0) is 7.14. The summed E-state index contributed by atoms with van der Waals surface area (Å²) in [6.45, 7) is 0.972. The molecule has 1 amide bonds. The highest BCUT2D eigenvalue weighted by atomic mass is 79.9. The second-order valence-electron chi connectivity index (χ2n) is 3.02. The first-order chi connectivity index (χ1) is 4.79. The Hall–Kier alpha value is -0.0500. The number of rotatable bonds is 1. The zero-order valence-corrected chi connectivity index (χ0v) is 7.30. The molecule has 1 aliphatic carbocycles. The van der Waals surface area contributed by atoms with Crippen LogP contribution in [0.4, 0.5) is 0 Å². The summed E-state index contributed by atoms with van der Waals surface area (Å²) in [5.74, 6) is 0.308. The van der Waals surface area contributed by atoms with Gasteiger partial charge in [0.2, 0.25) is 5.91 Å². The molecule has 2 fully saturated rings. The van der Waals surface area contributed by atoms with Gasteiger partial charge in [0.05, 0.1) is 4.83 Å². The first-order valence-corrected chi connectivity index (χ1v) is 4.65. The Bertz CT molecular complexity index is 167. The normalized spacial score (nSPS) is 33.5. The second kappa shape index (κ2) is 2.22. The number of halogens is 1. The molecular formula is C7H10BrNO. The smallest absolute Gasteiger partial charge is 0.236 e. The monoisotopic (exact) mass is 203 g/mol. The third-order valence-electron chi connectivity index (χ3n) is 2.16. The van der Waals surface area contributed by atoms with Gasteiger partial charge in [0.15, 0.2) is 0 Å². The average molecular weight is 204 g/mol. The fourth-order valence-electron chi connectivity index (χ4n) is 1.41. The molecule has 0 N–H and O–H groups in total. The molecule has 1 saturated carbocycles. The average Bonchev–Trinajstić information content (AvgIpc) is 2.67. The van der Waals surface area contributed by atoms with Gasteiger partial charge in [-0.05, 0) is 19.3 Å². The summed E-state index contributed by atoms with van der Waals surface area (Å²) >= 11 is 3.35. The topological polar surface area (TPSA) is 20.3 Å². The Morgan fingerprint density at radius 3 is 2.50 bits per heavy atom. The lowest BCUT2D eigenvalue weighted by Gasteiger charge is -2.13. The van der Waals surface area contributed by atoms with Crippen LogP contribution in [0.3, 0.4) is 0 Å². The van der Waals surface area contributed by atoms with E-state index in [-0.39, 0.29) is 4.83 Å². The molecule has 0 aromatic carbocycles. The molecule has 0 radical (unpaired) electrons. The maximum absolute atomic E-state index is 11.3. The molecule has 0 unspecified atom stereocenters. The summed E-state index contributed by atoms with van der Waals surface area (Å²) in [5.41, 5.74) is 0. The van der Waals surface area contributed by atoms with Crippen molar-refractivity contribution in [3.05, 3.63) is 0 Å². The van der Waals surface area contributed by atoms with Crippen LogP contribution < -0.4 is 0 Å². The van der Waals surface area contributed by atoms with Crippen molar-refractivity contribution in [1.82, 2.24) is 4.90 Å². The van der Waals surface area contributed by atoms with Gasteiger partial charge in [-0.1, -0.05) is 15.9 Å². The van der Waals surface area contributed by atoms with Crippen molar-refractivity contribution in [1.29, 1.82) is 0 Å². The Morgan fingerprint density at radius 2 is 2.10 bits per heavy atom. The van der Waals surface area contributed by atoms with Crippen molar-refractivity contribution >= 4 is 21.8 Å². The predicted octanol–water partition coefficient (Wildman–Crippen LogP) is 1.14. The van der Waals surface area contributed by atoms with E-state index in [1.165, 1.54) is 12.8 Å². The molecule has 0 aromatic heterocycles. The summed E-state index contributed by atoms with van der Waals surface area (Å²) in [5, 5.41) is 0. The number of likely N-dealkylation sites (tertiary alicyclic amines) is 1. The SMILES string of the molecule is O=C1[C@H](Br)CCN1C1CC1. The van der Waals surface area contributed by atoms with Gasteiger partial charge in [0.25, 0.3) is 0 Å². The van der Waals surface area contributed by atoms with E-state index in [0.29, 0.717) is 11.9 Å². The van der Waals surface area contributed by atoms with Gasteiger partial charge in [-0.2, -0.15) is 0 Å². The summed E-state index contributed by atoms with van der Waals surface area (Å²) in [6.07, 6.45) is 3.45. The highest BCUT2D eigenvalue weighted by molar-refractivity contribution is 9.10. The van der Waals surface area contributed by atoms with Crippen molar-refractivity contribution in [2.45, 2.75) is 30.1 Å². The standard InChI is InChI=1S/C7H10BrNO/c8-6-3-4-9(7(6)10)5-1-2-5/h5-6H,1-4H2/t6-/m1/s1. The van der Waals surface area contributed by atoms with Gasteiger partial charge in [0.1, 0.15) is 0 Å². The molecule has 2 nitrogen and oxygen atoms in total. The lowest BCUT2D eigenvalue weighted by molar-refractivity contribution is -0.127. The van der Waals surface area contributed by atoms with E-state index in [4.69, 9.17) is 0 Å². The molecule has 1 heterocycles. The van der Waals surface area contributed by atoms with Crippen molar-refractivity contribution in [3.8, 4) is 0 Å². The van der Waals surface area contributed by atoms with Crippen molar-refractivity contribution in [2.75, 3.05) is 6.54 Å². The molecular weight excluding hydrogens is 194 g/mol. The van der Waals surface area contributed by atoms with E-state index >= 15 is 0 Å². The molecule has 2 rings (SSSR count). The molecule has 10 heavy (non-hydrogen) atoms. The Balaban J connectivity index is 2.03. The van der Waals surface area contributed by atoms with E-state index in [2.05, 4.69) is 15.9 Å². The van der Waals surface area contributed by atoms with Crippen LogP contribution in [0.2, 0.25) is 0 Å². The van der Waals surface area contributed by atoms with Gasteiger partial charge in [-0.3, -0.25) is 4.79 Å². The van der Waals surface area contributed by atoms with Crippen LogP contribution in [0, 0.1) is 0 Å². The minimum absolute atomic E-state index is 0.119. The lowest BCUT2D eigenvalue weighted by Crippen LogP contribution is -2.29. The number of carbonyl (C=O) groups excluding carboxylic acids is 1. The molecule has 0 spiro atoms. The van der Waals surface area contributed by atoms with Crippen molar-refractivity contribution < 1.29 is 4.79 Å². The van der Waals surface area contributed by atoms with E-state index in [9.17, 15) is 4.79 Å². The minimum Gasteiger partial charge on any atom is -0.339 e. The lowest BCUT2D eigenvalue weighted by atomic mass is 10.4. The first-order valence-electron chi connectivity index (χ1n) is 3.73. The zero-order valence-electron chi connectivity index (χ0n) is 5.72. The largest absolute Gasteiger partial charge is 0.339 e. The number of nitrogens with zero attached hydrogens (tertiary/aromatic N) is 1.